The molecule has 2 nitrogen and oxygen atoms in total. The van der Waals surface area contributed by atoms with Crippen LogP contribution in [0.4, 0.5) is 14.5 Å². The minimum atomic E-state index is -0.889. The zero-order chi connectivity index (χ0) is 17.8. The van der Waals surface area contributed by atoms with E-state index in [1.54, 1.807) is 23.9 Å². The van der Waals surface area contributed by atoms with E-state index in [0.717, 1.165) is 26.4 Å². The predicted octanol–water partition coefficient (Wildman–Crippen LogP) is 6.13. The smallest absolute Gasteiger partial charge is 0.261 e. The highest BCUT2D eigenvalue weighted by Crippen LogP contribution is 2.29. The quantitative estimate of drug-likeness (QED) is 0.550. The summed E-state index contributed by atoms with van der Waals surface area (Å²) in [6.45, 7) is 0. The van der Waals surface area contributed by atoms with Crippen molar-refractivity contribution in [3.63, 3.8) is 0 Å². The Morgan fingerprint density at radius 1 is 0.840 bits per heavy atom. The second-order valence-corrected chi connectivity index (χ2v) is 7.19. The zero-order valence-corrected chi connectivity index (χ0v) is 15.2. The highest BCUT2D eigenvalue weighted by Gasteiger charge is 2.16. The van der Waals surface area contributed by atoms with Crippen molar-refractivity contribution >= 4 is 39.3 Å². The molecule has 0 aromatic heterocycles. The highest BCUT2D eigenvalue weighted by molar-refractivity contribution is 9.10. The molecule has 0 aliphatic carbocycles. The number of hydrogen-bond donors (Lipinski definition) is 1. The van der Waals surface area contributed by atoms with Crippen LogP contribution in [0.3, 0.4) is 0 Å². The number of rotatable bonds is 4. The number of hydrogen-bond acceptors (Lipinski definition) is 2. The van der Waals surface area contributed by atoms with E-state index in [2.05, 4.69) is 21.2 Å². The number of carbonyl (C=O) groups excluding carboxylic acids is 1. The SMILES string of the molecule is O=C(Nc1ccc(Sc2ccc(Br)cc2)cc1)c1c(F)cccc1F. The van der Waals surface area contributed by atoms with Gasteiger partial charge in [0.05, 0.1) is 0 Å². The molecule has 1 amide bonds. The van der Waals surface area contributed by atoms with Crippen LogP contribution in [-0.4, -0.2) is 5.91 Å². The van der Waals surface area contributed by atoms with Gasteiger partial charge in [-0.2, -0.15) is 0 Å². The summed E-state index contributed by atoms with van der Waals surface area (Å²) in [6, 6.07) is 18.3. The lowest BCUT2D eigenvalue weighted by molar-refractivity contribution is 0.101. The van der Waals surface area contributed by atoms with Crippen LogP contribution in [0.2, 0.25) is 0 Å². The van der Waals surface area contributed by atoms with Gasteiger partial charge >= 0.3 is 0 Å². The number of amides is 1. The molecule has 3 rings (SSSR count). The first-order valence-electron chi connectivity index (χ1n) is 7.32. The fourth-order valence-electron chi connectivity index (χ4n) is 2.15. The Bertz CT molecular complexity index is 878. The molecule has 1 N–H and O–H groups in total. The molecule has 0 heterocycles. The molecule has 0 atom stereocenters. The number of nitrogens with one attached hydrogen (secondary N) is 1. The van der Waals surface area contributed by atoms with E-state index in [9.17, 15) is 13.6 Å². The van der Waals surface area contributed by atoms with Crippen molar-refractivity contribution in [3.8, 4) is 0 Å². The van der Waals surface area contributed by atoms with E-state index in [1.807, 2.05) is 36.4 Å². The molecule has 3 aromatic rings. The van der Waals surface area contributed by atoms with Gasteiger partial charge in [-0.05, 0) is 60.7 Å². The summed E-state index contributed by atoms with van der Waals surface area (Å²) in [6.07, 6.45) is 0. The molecule has 0 saturated heterocycles. The van der Waals surface area contributed by atoms with Gasteiger partial charge < -0.3 is 5.32 Å². The number of carbonyl (C=O) groups is 1. The molecule has 0 aliphatic heterocycles. The van der Waals surface area contributed by atoms with Crippen molar-refractivity contribution in [2.45, 2.75) is 9.79 Å². The summed E-state index contributed by atoms with van der Waals surface area (Å²) < 4.78 is 28.3. The van der Waals surface area contributed by atoms with E-state index in [-0.39, 0.29) is 0 Å². The van der Waals surface area contributed by atoms with E-state index < -0.39 is 23.1 Å². The van der Waals surface area contributed by atoms with Crippen molar-refractivity contribution in [1.29, 1.82) is 0 Å². The van der Waals surface area contributed by atoms with Crippen LogP contribution in [0.1, 0.15) is 10.4 Å². The molecule has 6 heteroatoms. The topological polar surface area (TPSA) is 29.1 Å². The first kappa shape index (κ1) is 17.6. The molecule has 25 heavy (non-hydrogen) atoms. The normalized spacial score (nSPS) is 10.5. The van der Waals surface area contributed by atoms with Crippen molar-refractivity contribution in [1.82, 2.24) is 0 Å². The van der Waals surface area contributed by atoms with Crippen molar-refractivity contribution in [2.24, 2.45) is 0 Å². The van der Waals surface area contributed by atoms with Crippen LogP contribution >= 0.6 is 27.7 Å². The van der Waals surface area contributed by atoms with Gasteiger partial charge in [0.15, 0.2) is 0 Å². The van der Waals surface area contributed by atoms with E-state index in [0.29, 0.717) is 5.69 Å². The Morgan fingerprint density at radius 3 is 1.92 bits per heavy atom. The Balaban J connectivity index is 1.70. The van der Waals surface area contributed by atoms with E-state index in [4.69, 9.17) is 0 Å². The molecular formula is C19H12BrF2NOS. The van der Waals surface area contributed by atoms with Gasteiger partial charge in [-0.1, -0.05) is 33.8 Å². The second-order valence-electron chi connectivity index (χ2n) is 5.13. The molecule has 0 radical (unpaired) electrons. The molecule has 0 aliphatic rings. The Labute approximate surface area is 156 Å². The minimum absolute atomic E-state index is 0.466. The van der Waals surface area contributed by atoms with Crippen LogP contribution in [0.5, 0.6) is 0 Å². The van der Waals surface area contributed by atoms with Gasteiger partial charge in [0, 0.05) is 20.0 Å². The van der Waals surface area contributed by atoms with Crippen LogP contribution in [0.25, 0.3) is 0 Å². The van der Waals surface area contributed by atoms with Gasteiger partial charge in [0.2, 0.25) is 0 Å². The monoisotopic (exact) mass is 419 g/mol. The number of anilines is 1. The van der Waals surface area contributed by atoms with Gasteiger partial charge in [0.1, 0.15) is 17.2 Å². The summed E-state index contributed by atoms with van der Waals surface area (Å²) in [7, 11) is 0. The highest BCUT2D eigenvalue weighted by atomic mass is 79.9. The molecule has 0 spiro atoms. The molecule has 0 unspecified atom stereocenters. The van der Waals surface area contributed by atoms with Crippen LogP contribution < -0.4 is 5.32 Å². The number of halogens is 3. The van der Waals surface area contributed by atoms with Crippen LogP contribution in [0.15, 0.2) is 81.0 Å². The maximum absolute atomic E-state index is 13.6. The lowest BCUT2D eigenvalue weighted by atomic mass is 10.2. The molecule has 126 valence electrons. The third kappa shape index (κ3) is 4.46. The predicted molar refractivity (Wildman–Crippen MR) is 99.0 cm³/mol. The second kappa shape index (κ2) is 7.80. The summed E-state index contributed by atoms with van der Waals surface area (Å²) >= 11 is 4.96. The first-order chi connectivity index (χ1) is 12.0. The minimum Gasteiger partial charge on any atom is -0.322 e. The van der Waals surface area contributed by atoms with Gasteiger partial charge in [0.25, 0.3) is 5.91 Å². The number of benzene rings is 3. The Morgan fingerprint density at radius 2 is 1.36 bits per heavy atom. The lowest BCUT2D eigenvalue weighted by Gasteiger charge is -2.08. The fourth-order valence-corrected chi connectivity index (χ4v) is 3.23. The summed E-state index contributed by atoms with van der Waals surface area (Å²) in [4.78, 5) is 14.1. The average Bonchev–Trinajstić information content (AvgIpc) is 2.58. The maximum atomic E-state index is 13.6. The molecule has 3 aromatic carbocycles. The van der Waals surface area contributed by atoms with Gasteiger partial charge in [-0.15, -0.1) is 0 Å². The Hall–Kier alpha value is -2.18. The summed E-state index contributed by atoms with van der Waals surface area (Å²) in [5, 5.41) is 2.50. The summed E-state index contributed by atoms with van der Waals surface area (Å²) in [5.41, 5.74) is -0.122. The first-order valence-corrected chi connectivity index (χ1v) is 8.93. The Kier molecular flexibility index (Phi) is 5.50. The zero-order valence-electron chi connectivity index (χ0n) is 12.8. The molecular weight excluding hydrogens is 408 g/mol. The molecule has 0 saturated carbocycles. The third-order valence-electron chi connectivity index (χ3n) is 3.35. The van der Waals surface area contributed by atoms with Crippen LogP contribution in [0, 0.1) is 11.6 Å². The van der Waals surface area contributed by atoms with Crippen molar-refractivity contribution in [2.75, 3.05) is 5.32 Å². The summed E-state index contributed by atoms with van der Waals surface area (Å²) in [5.74, 6) is -2.59. The standard InChI is InChI=1S/C19H12BrF2NOS/c20-12-4-8-14(9-5-12)25-15-10-6-13(7-11-15)23-19(24)18-16(21)2-1-3-17(18)22/h1-11H,(H,23,24). The average molecular weight is 420 g/mol. The van der Waals surface area contributed by atoms with Crippen LogP contribution in [-0.2, 0) is 0 Å². The molecule has 0 bridgehead atoms. The lowest BCUT2D eigenvalue weighted by Crippen LogP contribution is -2.15. The third-order valence-corrected chi connectivity index (χ3v) is 4.90. The molecule has 0 fully saturated rings. The van der Waals surface area contributed by atoms with Crippen molar-refractivity contribution in [3.05, 3.63) is 88.4 Å². The fraction of sp³-hybridized carbons (Fsp3) is 0. The van der Waals surface area contributed by atoms with E-state index >= 15 is 0 Å². The maximum Gasteiger partial charge on any atom is 0.261 e. The van der Waals surface area contributed by atoms with Gasteiger partial charge in [-0.25, -0.2) is 8.78 Å². The largest absolute Gasteiger partial charge is 0.322 e. The van der Waals surface area contributed by atoms with Gasteiger partial charge in [-0.3, -0.25) is 4.79 Å². The van der Waals surface area contributed by atoms with Crippen molar-refractivity contribution < 1.29 is 13.6 Å². The van der Waals surface area contributed by atoms with E-state index in [1.165, 1.54) is 6.07 Å².